The number of alkyl halides is 2. The summed E-state index contributed by atoms with van der Waals surface area (Å²) in [5.74, 6) is 0. The Morgan fingerprint density at radius 2 is 2.31 bits per heavy atom. The lowest BCUT2D eigenvalue weighted by Gasteiger charge is -2.04. The van der Waals surface area contributed by atoms with Crippen LogP contribution in [0.5, 0.6) is 0 Å². The Labute approximate surface area is 87.9 Å². The van der Waals surface area contributed by atoms with Crippen LogP contribution in [0, 0.1) is 21.4 Å². The normalized spacial score (nSPS) is 10.2. The summed E-state index contributed by atoms with van der Waals surface area (Å²) in [6.07, 6.45) is -3.11. The van der Waals surface area contributed by atoms with E-state index in [0.717, 1.165) is 6.07 Å². The number of aliphatic hydroxyl groups excluding tert-OH is 1. The molecule has 16 heavy (non-hydrogen) atoms. The second kappa shape index (κ2) is 4.59. The Kier molecular flexibility index (Phi) is 3.42. The van der Waals surface area contributed by atoms with E-state index in [1.165, 1.54) is 6.07 Å². The predicted molar refractivity (Wildman–Crippen MR) is 46.5 cm³/mol. The van der Waals surface area contributed by atoms with Crippen molar-refractivity contribution in [3.05, 3.63) is 33.1 Å². The van der Waals surface area contributed by atoms with E-state index in [-0.39, 0.29) is 5.69 Å². The van der Waals surface area contributed by atoms with Gasteiger partial charge < -0.3 is 5.11 Å². The van der Waals surface area contributed by atoms with Gasteiger partial charge in [-0.05, 0) is 0 Å². The number of halogens is 2. The van der Waals surface area contributed by atoms with Crippen molar-refractivity contribution >= 4 is 5.69 Å². The second-order valence-electron chi connectivity index (χ2n) is 2.72. The summed E-state index contributed by atoms with van der Waals surface area (Å²) in [6, 6.07) is 2.11. The minimum atomic E-state index is -3.11. The highest BCUT2D eigenvalue weighted by Crippen LogP contribution is 2.28. The highest BCUT2D eigenvalue weighted by molar-refractivity contribution is 5.52. The van der Waals surface area contributed by atoms with Gasteiger partial charge in [-0.3, -0.25) is 10.1 Å². The van der Waals surface area contributed by atoms with Crippen LogP contribution >= 0.6 is 0 Å². The van der Waals surface area contributed by atoms with Crippen molar-refractivity contribution in [2.45, 2.75) is 13.0 Å². The molecule has 1 aromatic heterocycles. The van der Waals surface area contributed by atoms with Gasteiger partial charge in [-0.2, -0.15) is 5.26 Å². The Hall–Kier alpha value is -2.14. The van der Waals surface area contributed by atoms with Crippen LogP contribution in [0.1, 0.15) is 23.4 Å². The van der Waals surface area contributed by atoms with E-state index in [9.17, 15) is 18.9 Å². The lowest BCUT2D eigenvalue weighted by molar-refractivity contribution is -0.385. The zero-order valence-corrected chi connectivity index (χ0v) is 7.72. The third-order valence-electron chi connectivity index (χ3n) is 1.76. The summed E-state index contributed by atoms with van der Waals surface area (Å²) in [4.78, 5) is 12.8. The zero-order valence-electron chi connectivity index (χ0n) is 7.72. The molecule has 6 nitrogen and oxygen atoms in total. The molecule has 0 aliphatic heterocycles. The van der Waals surface area contributed by atoms with Crippen LogP contribution in [0.15, 0.2) is 6.07 Å². The van der Waals surface area contributed by atoms with Gasteiger partial charge >= 0.3 is 0 Å². The molecule has 0 radical (unpaired) electrons. The average molecular weight is 229 g/mol. The molecule has 0 amide bonds. The molecule has 84 valence electrons. The summed E-state index contributed by atoms with van der Waals surface area (Å²) in [6.45, 7) is -0.716. The van der Waals surface area contributed by atoms with E-state index in [2.05, 4.69) is 4.98 Å². The molecule has 0 unspecified atom stereocenters. The summed E-state index contributed by atoms with van der Waals surface area (Å²) in [5.41, 5.74) is -2.82. The molecule has 0 fully saturated rings. The number of rotatable bonds is 3. The van der Waals surface area contributed by atoms with Gasteiger partial charge in [0, 0.05) is 6.07 Å². The Morgan fingerprint density at radius 1 is 1.69 bits per heavy atom. The molecule has 0 bridgehead atoms. The average Bonchev–Trinajstić information content (AvgIpc) is 2.26. The standard InChI is InChI=1S/C8H5F2N3O3/c9-8(10)7-5(2-11)6(13(15)16)1-4(3-14)12-7/h1,8,14H,3H2. The molecule has 0 saturated heterocycles. The number of nitro groups is 1. The molecule has 1 N–H and O–H groups in total. The van der Waals surface area contributed by atoms with Crippen molar-refractivity contribution < 1.29 is 18.8 Å². The third kappa shape index (κ3) is 2.09. The van der Waals surface area contributed by atoms with Crippen LogP contribution in [-0.2, 0) is 6.61 Å². The van der Waals surface area contributed by atoms with Gasteiger partial charge in [0.2, 0.25) is 0 Å². The van der Waals surface area contributed by atoms with Crippen molar-refractivity contribution in [2.75, 3.05) is 0 Å². The van der Waals surface area contributed by atoms with Crippen molar-refractivity contribution in [1.29, 1.82) is 5.26 Å². The van der Waals surface area contributed by atoms with Crippen molar-refractivity contribution in [3.8, 4) is 6.07 Å². The Bertz CT molecular complexity index is 470. The molecular formula is C8H5F2N3O3. The van der Waals surface area contributed by atoms with Crippen LogP contribution in [0.3, 0.4) is 0 Å². The summed E-state index contributed by atoms with van der Waals surface area (Å²) < 4.78 is 24.9. The van der Waals surface area contributed by atoms with E-state index in [0.29, 0.717) is 0 Å². The first kappa shape index (κ1) is 11.9. The van der Waals surface area contributed by atoms with Crippen LogP contribution in [0.4, 0.5) is 14.5 Å². The fraction of sp³-hybridized carbons (Fsp3) is 0.250. The van der Waals surface area contributed by atoms with Crippen LogP contribution in [0.2, 0.25) is 0 Å². The number of hydrogen-bond donors (Lipinski definition) is 1. The van der Waals surface area contributed by atoms with Crippen molar-refractivity contribution in [2.24, 2.45) is 0 Å². The topological polar surface area (TPSA) is 100 Å². The number of hydrogen-bond acceptors (Lipinski definition) is 5. The molecule has 0 saturated carbocycles. The maximum Gasteiger partial charge on any atom is 0.291 e. The zero-order chi connectivity index (χ0) is 12.3. The SMILES string of the molecule is N#Cc1c([N+](=O)[O-])cc(CO)nc1C(F)F. The number of aromatic nitrogens is 1. The lowest BCUT2D eigenvalue weighted by Crippen LogP contribution is -2.04. The maximum absolute atomic E-state index is 12.5. The first-order valence-corrected chi connectivity index (χ1v) is 3.98. The quantitative estimate of drug-likeness (QED) is 0.621. The fourth-order valence-corrected chi connectivity index (χ4v) is 1.10. The Morgan fingerprint density at radius 3 is 2.69 bits per heavy atom. The molecule has 1 heterocycles. The van der Waals surface area contributed by atoms with Gasteiger partial charge in [-0.25, -0.2) is 13.8 Å². The monoisotopic (exact) mass is 229 g/mol. The summed E-state index contributed by atoms with van der Waals surface area (Å²) >= 11 is 0. The van der Waals surface area contributed by atoms with E-state index in [1.807, 2.05) is 0 Å². The number of pyridine rings is 1. The van der Waals surface area contributed by atoms with Crippen LogP contribution < -0.4 is 0 Å². The van der Waals surface area contributed by atoms with Crippen molar-refractivity contribution in [3.63, 3.8) is 0 Å². The van der Waals surface area contributed by atoms with Gasteiger partial charge in [0.1, 0.15) is 11.8 Å². The highest BCUT2D eigenvalue weighted by atomic mass is 19.3. The maximum atomic E-state index is 12.5. The molecule has 8 heteroatoms. The molecule has 1 aromatic rings. The molecule has 1 rings (SSSR count). The summed E-state index contributed by atoms with van der Waals surface area (Å²) in [5, 5.41) is 27.8. The molecule has 0 aliphatic carbocycles. The number of aliphatic hydroxyl groups is 1. The minimum absolute atomic E-state index is 0.277. The Balaban J connectivity index is 3.54. The highest BCUT2D eigenvalue weighted by Gasteiger charge is 2.25. The lowest BCUT2D eigenvalue weighted by atomic mass is 10.1. The van der Waals surface area contributed by atoms with E-state index >= 15 is 0 Å². The van der Waals surface area contributed by atoms with E-state index in [1.54, 1.807) is 0 Å². The van der Waals surface area contributed by atoms with Crippen LogP contribution in [0.25, 0.3) is 0 Å². The van der Waals surface area contributed by atoms with Gasteiger partial charge in [0.25, 0.3) is 12.1 Å². The van der Waals surface area contributed by atoms with Crippen molar-refractivity contribution in [1.82, 2.24) is 4.98 Å². The number of nitrogens with zero attached hydrogens (tertiary/aromatic N) is 3. The van der Waals surface area contributed by atoms with E-state index in [4.69, 9.17) is 10.4 Å². The minimum Gasteiger partial charge on any atom is -0.390 e. The largest absolute Gasteiger partial charge is 0.390 e. The second-order valence-corrected chi connectivity index (χ2v) is 2.72. The fourth-order valence-electron chi connectivity index (χ4n) is 1.10. The van der Waals surface area contributed by atoms with Gasteiger partial charge in [-0.15, -0.1) is 0 Å². The molecular weight excluding hydrogens is 224 g/mol. The number of nitriles is 1. The van der Waals surface area contributed by atoms with Crippen LogP contribution in [-0.4, -0.2) is 15.0 Å². The van der Waals surface area contributed by atoms with Gasteiger partial charge in [0.15, 0.2) is 5.56 Å². The third-order valence-corrected chi connectivity index (χ3v) is 1.76. The smallest absolute Gasteiger partial charge is 0.291 e. The first-order chi connectivity index (χ1) is 7.51. The predicted octanol–water partition coefficient (Wildman–Crippen LogP) is 1.29. The molecule has 0 aliphatic rings. The van der Waals surface area contributed by atoms with Gasteiger partial charge in [0.05, 0.1) is 17.2 Å². The van der Waals surface area contributed by atoms with Gasteiger partial charge in [-0.1, -0.05) is 0 Å². The van der Waals surface area contributed by atoms with E-state index < -0.39 is 34.9 Å². The molecule has 0 spiro atoms. The molecule has 0 aromatic carbocycles. The summed E-state index contributed by atoms with van der Waals surface area (Å²) in [7, 11) is 0. The first-order valence-electron chi connectivity index (χ1n) is 3.98. The molecule has 0 atom stereocenters.